The zero-order valence-electron chi connectivity index (χ0n) is 18.5. The predicted octanol–water partition coefficient (Wildman–Crippen LogP) is 6.97. The molecule has 0 atom stereocenters. The number of para-hydroxylation sites is 3. The molecule has 0 bridgehead atoms. The standard InChI is InChI=1S/C25H27BrN4O2/c1-4-20(5-2)32-24-18(10-8-14-23(24)31-3)11-9-15-27-21-12-6-7-13-22(21)30-25-28-16-19(26)17-29-25/h6-17,20H,4-5H2,1-3H3,(H,28,29,30)/b11-9+,27-15?. The summed E-state index contributed by atoms with van der Waals surface area (Å²) < 4.78 is 12.6. The molecule has 3 rings (SSSR count). The average molecular weight is 495 g/mol. The van der Waals surface area contributed by atoms with E-state index in [4.69, 9.17) is 9.47 Å². The second-order valence-electron chi connectivity index (χ2n) is 6.94. The van der Waals surface area contributed by atoms with Gasteiger partial charge in [0.1, 0.15) is 0 Å². The molecule has 1 aromatic heterocycles. The largest absolute Gasteiger partial charge is 0.493 e. The van der Waals surface area contributed by atoms with E-state index in [1.165, 1.54) is 0 Å². The van der Waals surface area contributed by atoms with Gasteiger partial charge in [0, 0.05) is 24.2 Å². The fourth-order valence-electron chi connectivity index (χ4n) is 3.03. The van der Waals surface area contributed by atoms with Crippen LogP contribution >= 0.6 is 15.9 Å². The summed E-state index contributed by atoms with van der Waals surface area (Å²) in [6.07, 6.45) is 11.0. The van der Waals surface area contributed by atoms with Crippen molar-refractivity contribution in [3.05, 3.63) is 71.0 Å². The number of aliphatic imine (C=N–C) groups is 1. The summed E-state index contributed by atoms with van der Waals surface area (Å²) >= 11 is 3.34. The Morgan fingerprint density at radius 3 is 2.53 bits per heavy atom. The normalized spacial score (nSPS) is 11.4. The van der Waals surface area contributed by atoms with E-state index < -0.39 is 0 Å². The molecule has 0 aliphatic carbocycles. The fraction of sp³-hybridized carbons (Fsp3) is 0.240. The van der Waals surface area contributed by atoms with Crippen molar-refractivity contribution in [2.75, 3.05) is 12.4 Å². The first-order valence-corrected chi connectivity index (χ1v) is 11.3. The number of rotatable bonds is 10. The molecule has 166 valence electrons. The van der Waals surface area contributed by atoms with Gasteiger partial charge in [-0.1, -0.05) is 38.1 Å². The lowest BCUT2D eigenvalue weighted by atomic mass is 10.1. The number of hydrogen-bond donors (Lipinski definition) is 1. The molecule has 0 saturated carbocycles. The summed E-state index contributed by atoms with van der Waals surface area (Å²) in [6.45, 7) is 4.24. The molecule has 32 heavy (non-hydrogen) atoms. The molecule has 7 heteroatoms. The van der Waals surface area contributed by atoms with Crippen molar-refractivity contribution >= 4 is 45.5 Å². The van der Waals surface area contributed by atoms with Crippen LogP contribution in [-0.4, -0.2) is 29.4 Å². The number of aromatic nitrogens is 2. The highest BCUT2D eigenvalue weighted by Gasteiger charge is 2.13. The maximum Gasteiger partial charge on any atom is 0.227 e. The van der Waals surface area contributed by atoms with Crippen molar-refractivity contribution in [2.45, 2.75) is 32.8 Å². The Morgan fingerprint density at radius 1 is 1.06 bits per heavy atom. The number of nitrogens with one attached hydrogen (secondary N) is 1. The third kappa shape index (κ3) is 6.40. The second kappa shape index (κ2) is 12.0. The van der Waals surface area contributed by atoms with Crippen LogP contribution in [0.25, 0.3) is 6.08 Å². The molecule has 0 unspecified atom stereocenters. The zero-order chi connectivity index (χ0) is 22.8. The lowest BCUT2D eigenvalue weighted by molar-refractivity contribution is 0.184. The summed E-state index contributed by atoms with van der Waals surface area (Å²) in [5, 5.41) is 3.20. The van der Waals surface area contributed by atoms with Crippen LogP contribution < -0.4 is 14.8 Å². The number of hydrogen-bond acceptors (Lipinski definition) is 6. The van der Waals surface area contributed by atoms with Crippen LogP contribution in [0.3, 0.4) is 0 Å². The Balaban J connectivity index is 1.78. The minimum atomic E-state index is 0.144. The molecule has 2 aromatic carbocycles. The summed E-state index contributed by atoms with van der Waals surface area (Å²) in [5.41, 5.74) is 2.54. The van der Waals surface area contributed by atoms with E-state index in [-0.39, 0.29) is 6.10 Å². The predicted molar refractivity (Wildman–Crippen MR) is 135 cm³/mol. The Bertz CT molecular complexity index is 1060. The van der Waals surface area contributed by atoms with Crippen LogP contribution in [0.5, 0.6) is 11.5 Å². The Kier molecular flexibility index (Phi) is 8.80. The first-order valence-electron chi connectivity index (χ1n) is 10.5. The smallest absolute Gasteiger partial charge is 0.227 e. The Morgan fingerprint density at radius 2 is 1.81 bits per heavy atom. The van der Waals surface area contributed by atoms with Gasteiger partial charge in [-0.2, -0.15) is 0 Å². The molecule has 0 fully saturated rings. The number of ether oxygens (including phenoxy) is 2. The Hall–Kier alpha value is -3.19. The first-order chi connectivity index (χ1) is 15.6. The average Bonchev–Trinajstić information content (AvgIpc) is 2.83. The number of benzene rings is 2. The van der Waals surface area contributed by atoms with E-state index >= 15 is 0 Å². The van der Waals surface area contributed by atoms with Gasteiger partial charge < -0.3 is 14.8 Å². The van der Waals surface area contributed by atoms with Gasteiger partial charge in [0.2, 0.25) is 5.95 Å². The third-order valence-corrected chi connectivity index (χ3v) is 5.18. The van der Waals surface area contributed by atoms with Crippen molar-refractivity contribution < 1.29 is 9.47 Å². The third-order valence-electron chi connectivity index (χ3n) is 4.77. The van der Waals surface area contributed by atoms with E-state index in [2.05, 4.69) is 50.1 Å². The van der Waals surface area contributed by atoms with Crippen LogP contribution in [0.15, 0.2) is 70.4 Å². The number of allylic oxidation sites excluding steroid dienone is 1. The SMILES string of the molecule is CCC(CC)Oc1c(/C=C/C=Nc2ccccc2Nc2ncc(Br)cn2)cccc1OC. The van der Waals surface area contributed by atoms with Gasteiger partial charge in [-0.05, 0) is 59.1 Å². The van der Waals surface area contributed by atoms with E-state index in [0.717, 1.165) is 45.8 Å². The summed E-state index contributed by atoms with van der Waals surface area (Å²) in [4.78, 5) is 13.1. The van der Waals surface area contributed by atoms with Gasteiger partial charge in [0.15, 0.2) is 11.5 Å². The summed E-state index contributed by atoms with van der Waals surface area (Å²) in [6, 6.07) is 13.6. The monoisotopic (exact) mass is 494 g/mol. The lowest BCUT2D eigenvalue weighted by Crippen LogP contribution is -2.14. The minimum absolute atomic E-state index is 0.144. The fourth-order valence-corrected chi connectivity index (χ4v) is 3.24. The van der Waals surface area contributed by atoms with Crippen molar-refractivity contribution in [1.82, 2.24) is 9.97 Å². The van der Waals surface area contributed by atoms with Crippen molar-refractivity contribution in [2.24, 2.45) is 4.99 Å². The lowest BCUT2D eigenvalue weighted by Gasteiger charge is -2.19. The molecule has 0 spiro atoms. The number of anilines is 2. The molecule has 0 saturated heterocycles. The summed E-state index contributed by atoms with van der Waals surface area (Å²) in [7, 11) is 1.66. The first kappa shape index (κ1) is 23.5. The van der Waals surface area contributed by atoms with Crippen LogP contribution in [0.1, 0.15) is 32.3 Å². The van der Waals surface area contributed by atoms with Crippen LogP contribution in [0.2, 0.25) is 0 Å². The highest BCUT2D eigenvalue weighted by molar-refractivity contribution is 9.10. The maximum absolute atomic E-state index is 6.23. The minimum Gasteiger partial charge on any atom is -0.493 e. The van der Waals surface area contributed by atoms with Gasteiger partial charge in [-0.15, -0.1) is 0 Å². The molecule has 0 aliphatic rings. The molecule has 1 N–H and O–H groups in total. The molecule has 6 nitrogen and oxygen atoms in total. The maximum atomic E-state index is 6.23. The molecular formula is C25H27BrN4O2. The van der Waals surface area contributed by atoms with Crippen LogP contribution in [0.4, 0.5) is 17.3 Å². The number of methoxy groups -OCH3 is 1. The number of halogens is 1. The van der Waals surface area contributed by atoms with Crippen LogP contribution in [-0.2, 0) is 0 Å². The highest BCUT2D eigenvalue weighted by Crippen LogP contribution is 2.33. The topological polar surface area (TPSA) is 68.6 Å². The van der Waals surface area contributed by atoms with E-state index in [9.17, 15) is 0 Å². The van der Waals surface area contributed by atoms with Gasteiger partial charge in [0.25, 0.3) is 0 Å². The summed E-state index contributed by atoms with van der Waals surface area (Å²) in [5.74, 6) is 1.98. The van der Waals surface area contributed by atoms with Crippen molar-refractivity contribution in [3.63, 3.8) is 0 Å². The second-order valence-corrected chi connectivity index (χ2v) is 7.85. The van der Waals surface area contributed by atoms with Gasteiger partial charge in [0.05, 0.1) is 29.1 Å². The molecule has 1 heterocycles. The van der Waals surface area contributed by atoms with Crippen molar-refractivity contribution in [1.29, 1.82) is 0 Å². The van der Waals surface area contributed by atoms with Gasteiger partial charge in [-0.3, -0.25) is 4.99 Å². The molecule has 0 radical (unpaired) electrons. The molecule has 0 amide bonds. The molecule has 0 aliphatic heterocycles. The molecule has 3 aromatic rings. The zero-order valence-corrected chi connectivity index (χ0v) is 20.0. The van der Waals surface area contributed by atoms with E-state index in [1.807, 2.05) is 54.6 Å². The van der Waals surface area contributed by atoms with E-state index in [1.54, 1.807) is 25.7 Å². The quantitative estimate of drug-likeness (QED) is 0.308. The van der Waals surface area contributed by atoms with E-state index in [0.29, 0.717) is 5.95 Å². The van der Waals surface area contributed by atoms with Gasteiger partial charge in [-0.25, -0.2) is 9.97 Å². The Labute approximate surface area is 197 Å². The number of nitrogens with zero attached hydrogens (tertiary/aromatic N) is 3. The molecular weight excluding hydrogens is 468 g/mol. The van der Waals surface area contributed by atoms with Crippen LogP contribution in [0, 0.1) is 0 Å². The highest BCUT2D eigenvalue weighted by atomic mass is 79.9. The van der Waals surface area contributed by atoms with Gasteiger partial charge >= 0.3 is 0 Å². The van der Waals surface area contributed by atoms with Crippen molar-refractivity contribution in [3.8, 4) is 11.5 Å².